The summed E-state index contributed by atoms with van der Waals surface area (Å²) >= 11 is 1.99. The van der Waals surface area contributed by atoms with E-state index in [1.165, 1.54) is 11.9 Å². The molecule has 23 heavy (non-hydrogen) atoms. The van der Waals surface area contributed by atoms with E-state index >= 15 is 0 Å². The lowest BCUT2D eigenvalue weighted by Gasteiger charge is -2.36. The molecular formula is C15H29F3N4S. The molecule has 0 aliphatic carbocycles. The summed E-state index contributed by atoms with van der Waals surface area (Å²) in [6.07, 6.45) is -4.16. The molecule has 0 spiro atoms. The minimum Gasteiger partial charge on any atom is -0.357 e. The van der Waals surface area contributed by atoms with Crippen molar-refractivity contribution in [2.45, 2.75) is 32.2 Å². The smallest absolute Gasteiger partial charge is 0.357 e. The average molecular weight is 354 g/mol. The second-order valence-corrected chi connectivity index (χ2v) is 7.53. The lowest BCUT2D eigenvalue weighted by atomic mass is 10.1. The molecule has 1 saturated heterocycles. The number of hydrogen-bond acceptors (Lipinski definition) is 3. The lowest BCUT2D eigenvalue weighted by Crippen LogP contribution is -2.49. The molecule has 136 valence electrons. The number of halogens is 3. The van der Waals surface area contributed by atoms with Crippen LogP contribution in [0.25, 0.3) is 0 Å². The fourth-order valence-corrected chi connectivity index (χ4v) is 3.71. The quantitative estimate of drug-likeness (QED) is 0.587. The van der Waals surface area contributed by atoms with E-state index in [9.17, 15) is 13.2 Å². The van der Waals surface area contributed by atoms with Crippen LogP contribution in [0.3, 0.4) is 0 Å². The molecule has 1 aliphatic rings. The third-order valence-electron chi connectivity index (χ3n) is 3.66. The first kappa shape index (κ1) is 20.4. The molecule has 1 atom stereocenters. The maximum absolute atomic E-state index is 12.3. The maximum atomic E-state index is 12.3. The Bertz CT molecular complexity index is 374. The van der Waals surface area contributed by atoms with Crippen LogP contribution in [0.5, 0.6) is 0 Å². The first-order chi connectivity index (χ1) is 10.7. The van der Waals surface area contributed by atoms with Gasteiger partial charge in [0, 0.05) is 37.2 Å². The molecule has 0 saturated carbocycles. The van der Waals surface area contributed by atoms with Gasteiger partial charge in [-0.3, -0.25) is 9.89 Å². The molecule has 0 aromatic heterocycles. The van der Waals surface area contributed by atoms with Crippen LogP contribution in [-0.2, 0) is 0 Å². The van der Waals surface area contributed by atoms with E-state index in [1.807, 2.05) is 18.7 Å². The number of guanidine groups is 1. The Morgan fingerprint density at radius 3 is 2.70 bits per heavy atom. The molecule has 4 nitrogen and oxygen atoms in total. The molecule has 1 unspecified atom stereocenters. The Balaban J connectivity index is 2.56. The number of rotatable bonds is 6. The Kier molecular flexibility index (Phi) is 8.53. The molecule has 8 heteroatoms. The molecule has 0 bridgehead atoms. The van der Waals surface area contributed by atoms with Gasteiger partial charge in [0.05, 0.1) is 13.1 Å². The van der Waals surface area contributed by atoms with Gasteiger partial charge in [0.1, 0.15) is 0 Å². The molecule has 0 aromatic carbocycles. The molecule has 0 amide bonds. The molecule has 1 N–H and O–H groups in total. The summed E-state index contributed by atoms with van der Waals surface area (Å²) in [7, 11) is 1.47. The van der Waals surface area contributed by atoms with Crippen molar-refractivity contribution in [3.05, 3.63) is 0 Å². The highest BCUT2D eigenvalue weighted by atomic mass is 32.2. The Morgan fingerprint density at radius 2 is 2.13 bits per heavy atom. The lowest BCUT2D eigenvalue weighted by molar-refractivity contribution is -0.142. The third kappa shape index (κ3) is 8.15. The van der Waals surface area contributed by atoms with Crippen molar-refractivity contribution in [1.29, 1.82) is 0 Å². The van der Waals surface area contributed by atoms with Gasteiger partial charge in [0.15, 0.2) is 5.96 Å². The molecule has 1 aliphatic heterocycles. The van der Waals surface area contributed by atoms with E-state index in [0.29, 0.717) is 24.3 Å². The number of hydrogen-bond donors (Lipinski definition) is 1. The van der Waals surface area contributed by atoms with Crippen molar-refractivity contribution in [3.63, 3.8) is 0 Å². The zero-order valence-corrected chi connectivity index (χ0v) is 15.3. The van der Waals surface area contributed by atoms with Crippen molar-refractivity contribution >= 4 is 17.7 Å². The number of aliphatic imine (C=N–C) groups is 1. The van der Waals surface area contributed by atoms with Crippen molar-refractivity contribution < 1.29 is 13.2 Å². The van der Waals surface area contributed by atoms with E-state index < -0.39 is 12.7 Å². The topological polar surface area (TPSA) is 30.9 Å². The standard InChI is InChI=1S/C15H29F3N4S/c1-5-19-14(20-6-7-21(4)11-15(16,17)18)22-8-9-23-13(10-22)12(2)3/h12-13H,5-11H2,1-4H3,(H,19,20). The van der Waals surface area contributed by atoms with Crippen LogP contribution in [0.2, 0.25) is 0 Å². The summed E-state index contributed by atoms with van der Waals surface area (Å²) in [5.74, 6) is 2.48. The predicted octanol–water partition coefficient (Wildman–Crippen LogP) is 2.52. The Labute approximate surface area is 141 Å². The van der Waals surface area contributed by atoms with E-state index in [1.54, 1.807) is 0 Å². The van der Waals surface area contributed by atoms with E-state index in [2.05, 4.69) is 29.1 Å². The number of thioether (sulfide) groups is 1. The second-order valence-electron chi connectivity index (χ2n) is 6.19. The zero-order valence-electron chi connectivity index (χ0n) is 14.5. The number of alkyl halides is 3. The maximum Gasteiger partial charge on any atom is 0.401 e. The van der Waals surface area contributed by atoms with Crippen molar-refractivity contribution in [1.82, 2.24) is 15.1 Å². The minimum atomic E-state index is -4.16. The third-order valence-corrected chi connectivity index (χ3v) is 5.20. The van der Waals surface area contributed by atoms with Gasteiger partial charge in [-0.05, 0) is 19.9 Å². The molecule has 1 rings (SSSR count). The molecular weight excluding hydrogens is 325 g/mol. The highest BCUT2D eigenvalue weighted by molar-refractivity contribution is 8.00. The van der Waals surface area contributed by atoms with Crippen LogP contribution in [-0.4, -0.2) is 79.3 Å². The van der Waals surface area contributed by atoms with Gasteiger partial charge in [-0.15, -0.1) is 0 Å². The van der Waals surface area contributed by atoms with Gasteiger partial charge in [0.2, 0.25) is 0 Å². The monoisotopic (exact) mass is 354 g/mol. The van der Waals surface area contributed by atoms with Gasteiger partial charge >= 0.3 is 6.18 Å². The van der Waals surface area contributed by atoms with Crippen LogP contribution < -0.4 is 5.32 Å². The van der Waals surface area contributed by atoms with Gasteiger partial charge < -0.3 is 10.2 Å². The van der Waals surface area contributed by atoms with Gasteiger partial charge in [-0.2, -0.15) is 24.9 Å². The van der Waals surface area contributed by atoms with Crippen LogP contribution in [0.15, 0.2) is 4.99 Å². The summed E-state index contributed by atoms with van der Waals surface area (Å²) in [6, 6.07) is 0. The summed E-state index contributed by atoms with van der Waals surface area (Å²) in [5.41, 5.74) is 0. The van der Waals surface area contributed by atoms with Crippen LogP contribution in [0.4, 0.5) is 13.2 Å². The highest BCUT2D eigenvalue weighted by Gasteiger charge is 2.29. The average Bonchev–Trinajstić information content (AvgIpc) is 2.44. The number of nitrogens with zero attached hydrogens (tertiary/aromatic N) is 3. The van der Waals surface area contributed by atoms with Crippen molar-refractivity contribution in [2.75, 3.05) is 52.1 Å². The number of nitrogens with one attached hydrogen (secondary N) is 1. The highest BCUT2D eigenvalue weighted by Crippen LogP contribution is 2.24. The van der Waals surface area contributed by atoms with E-state index in [0.717, 1.165) is 31.3 Å². The molecule has 0 radical (unpaired) electrons. The van der Waals surface area contributed by atoms with Gasteiger partial charge in [-0.25, -0.2) is 0 Å². The Morgan fingerprint density at radius 1 is 1.43 bits per heavy atom. The predicted molar refractivity (Wildman–Crippen MR) is 92.2 cm³/mol. The minimum absolute atomic E-state index is 0.296. The van der Waals surface area contributed by atoms with Gasteiger partial charge in [-0.1, -0.05) is 13.8 Å². The summed E-state index contributed by atoms with van der Waals surface area (Å²) in [6.45, 7) is 8.83. The first-order valence-corrected chi connectivity index (χ1v) is 9.18. The van der Waals surface area contributed by atoms with E-state index in [4.69, 9.17) is 0 Å². The van der Waals surface area contributed by atoms with Crippen LogP contribution in [0.1, 0.15) is 20.8 Å². The van der Waals surface area contributed by atoms with Gasteiger partial charge in [0.25, 0.3) is 0 Å². The SMILES string of the molecule is CCNC(=NCCN(C)CC(F)(F)F)N1CCSC(C(C)C)C1. The fraction of sp³-hybridized carbons (Fsp3) is 0.933. The van der Waals surface area contributed by atoms with Crippen molar-refractivity contribution in [2.24, 2.45) is 10.9 Å². The summed E-state index contributed by atoms with van der Waals surface area (Å²) in [5, 5.41) is 3.83. The zero-order chi connectivity index (χ0) is 17.5. The molecule has 1 heterocycles. The Hall–Kier alpha value is -0.630. The van der Waals surface area contributed by atoms with Crippen molar-refractivity contribution in [3.8, 4) is 0 Å². The summed E-state index contributed by atoms with van der Waals surface area (Å²) < 4.78 is 37.0. The molecule has 1 fully saturated rings. The fourth-order valence-electron chi connectivity index (χ4n) is 2.41. The first-order valence-electron chi connectivity index (χ1n) is 8.13. The largest absolute Gasteiger partial charge is 0.401 e. The normalized spacial score (nSPS) is 20.5. The second kappa shape index (κ2) is 9.61. The summed E-state index contributed by atoms with van der Waals surface area (Å²) in [4.78, 5) is 8.00. The van der Waals surface area contributed by atoms with Crippen LogP contribution >= 0.6 is 11.8 Å². The van der Waals surface area contributed by atoms with E-state index in [-0.39, 0.29) is 0 Å². The van der Waals surface area contributed by atoms with Crippen LogP contribution in [0, 0.1) is 5.92 Å². The molecule has 0 aromatic rings. The number of likely N-dealkylation sites (N-methyl/N-ethyl adjacent to an activating group) is 1.